The zero-order valence-electron chi connectivity index (χ0n) is 17.4. The number of carbonyl (C=O) groups excluding carboxylic acids is 2. The Morgan fingerprint density at radius 1 is 1.00 bits per heavy atom. The van der Waals surface area contributed by atoms with Crippen LogP contribution in [0.25, 0.3) is 0 Å². The fourth-order valence-electron chi connectivity index (χ4n) is 3.73. The molecule has 0 saturated carbocycles. The van der Waals surface area contributed by atoms with Crippen molar-refractivity contribution in [3.8, 4) is 0 Å². The van der Waals surface area contributed by atoms with E-state index in [9.17, 15) is 9.59 Å². The van der Waals surface area contributed by atoms with Crippen LogP contribution in [0.5, 0.6) is 0 Å². The van der Waals surface area contributed by atoms with Crippen molar-refractivity contribution in [3.05, 3.63) is 60.2 Å². The number of anilines is 2. The molecule has 1 aliphatic rings. The molecule has 1 aliphatic heterocycles. The van der Waals surface area contributed by atoms with E-state index in [1.807, 2.05) is 54.3 Å². The molecular formula is C24H31N3O2. The van der Waals surface area contributed by atoms with Crippen molar-refractivity contribution in [2.24, 2.45) is 5.92 Å². The van der Waals surface area contributed by atoms with E-state index in [0.717, 1.165) is 30.6 Å². The number of likely N-dealkylation sites (tertiary alicyclic amines) is 1. The zero-order valence-corrected chi connectivity index (χ0v) is 17.4. The second-order valence-electron chi connectivity index (χ2n) is 7.75. The van der Waals surface area contributed by atoms with Gasteiger partial charge in [0, 0.05) is 42.8 Å². The summed E-state index contributed by atoms with van der Waals surface area (Å²) in [6.07, 6.45) is 2.93. The quantitative estimate of drug-likeness (QED) is 0.708. The van der Waals surface area contributed by atoms with Crippen molar-refractivity contribution in [3.63, 3.8) is 0 Å². The summed E-state index contributed by atoms with van der Waals surface area (Å²) in [5.41, 5.74) is 3.05. The third-order valence-electron chi connectivity index (χ3n) is 5.52. The maximum absolute atomic E-state index is 12.6. The molecule has 0 spiro atoms. The van der Waals surface area contributed by atoms with E-state index in [0.29, 0.717) is 19.5 Å². The lowest BCUT2D eigenvalue weighted by Gasteiger charge is -2.31. The molecule has 2 aromatic carbocycles. The van der Waals surface area contributed by atoms with Crippen molar-refractivity contribution in [2.75, 3.05) is 23.7 Å². The van der Waals surface area contributed by atoms with Gasteiger partial charge in [0.05, 0.1) is 0 Å². The Morgan fingerprint density at radius 3 is 2.24 bits per heavy atom. The van der Waals surface area contributed by atoms with Gasteiger partial charge in [0.1, 0.15) is 0 Å². The van der Waals surface area contributed by atoms with E-state index >= 15 is 0 Å². The summed E-state index contributed by atoms with van der Waals surface area (Å²) in [4.78, 5) is 26.5. The first kappa shape index (κ1) is 20.9. The number of amides is 2. The lowest BCUT2D eigenvalue weighted by Crippen LogP contribution is -2.41. The Kier molecular flexibility index (Phi) is 7.28. The predicted molar refractivity (Wildman–Crippen MR) is 118 cm³/mol. The summed E-state index contributed by atoms with van der Waals surface area (Å²) >= 11 is 0. The molecular weight excluding hydrogens is 362 g/mol. The van der Waals surface area contributed by atoms with Crippen LogP contribution < -0.4 is 10.6 Å². The minimum absolute atomic E-state index is 0.0309. The van der Waals surface area contributed by atoms with Gasteiger partial charge in [-0.25, -0.2) is 0 Å². The van der Waals surface area contributed by atoms with Crippen molar-refractivity contribution in [2.45, 2.75) is 45.6 Å². The van der Waals surface area contributed by atoms with Crippen LogP contribution in [-0.2, 0) is 9.59 Å². The number of hydrogen-bond donors (Lipinski definition) is 2. The minimum Gasteiger partial charge on any atom is -0.379 e. The molecule has 2 aromatic rings. The molecule has 2 amide bonds. The smallest absolute Gasteiger partial charge is 0.227 e. The average molecular weight is 394 g/mol. The van der Waals surface area contributed by atoms with Gasteiger partial charge in [-0.15, -0.1) is 0 Å². The fraction of sp³-hybridized carbons (Fsp3) is 0.417. The summed E-state index contributed by atoms with van der Waals surface area (Å²) in [6, 6.07) is 18.3. The van der Waals surface area contributed by atoms with Crippen LogP contribution in [-0.4, -0.2) is 29.8 Å². The number of nitrogens with one attached hydrogen (secondary N) is 2. The SMILES string of the molecule is CCCC(=O)N1CCC(C(=O)Nc2ccc(NC(C)c3ccccc3)cc2)CC1. The first-order chi connectivity index (χ1) is 14.1. The highest BCUT2D eigenvalue weighted by Gasteiger charge is 2.26. The largest absolute Gasteiger partial charge is 0.379 e. The van der Waals surface area contributed by atoms with E-state index in [2.05, 4.69) is 29.7 Å². The first-order valence-electron chi connectivity index (χ1n) is 10.6. The standard InChI is InChI=1S/C24H31N3O2/c1-3-7-23(28)27-16-14-20(15-17-27)24(29)26-22-12-10-21(11-13-22)25-18(2)19-8-5-4-6-9-19/h4-6,8-13,18,20,25H,3,7,14-17H2,1-2H3,(H,26,29). The van der Waals surface area contributed by atoms with Crippen molar-refractivity contribution < 1.29 is 9.59 Å². The molecule has 1 unspecified atom stereocenters. The highest BCUT2D eigenvalue weighted by molar-refractivity contribution is 5.93. The van der Waals surface area contributed by atoms with E-state index in [1.165, 1.54) is 5.56 Å². The lowest BCUT2D eigenvalue weighted by molar-refractivity contribution is -0.134. The van der Waals surface area contributed by atoms with Gasteiger partial charge in [-0.05, 0) is 56.0 Å². The molecule has 0 bridgehead atoms. The second-order valence-corrected chi connectivity index (χ2v) is 7.75. The van der Waals surface area contributed by atoms with Gasteiger partial charge in [0.25, 0.3) is 0 Å². The summed E-state index contributed by atoms with van der Waals surface area (Å²) < 4.78 is 0. The van der Waals surface area contributed by atoms with Gasteiger partial charge in [0.15, 0.2) is 0 Å². The predicted octanol–water partition coefficient (Wildman–Crippen LogP) is 4.84. The molecule has 5 nitrogen and oxygen atoms in total. The van der Waals surface area contributed by atoms with Crippen LogP contribution in [0.15, 0.2) is 54.6 Å². The summed E-state index contributed by atoms with van der Waals surface area (Å²) in [5.74, 6) is 0.224. The maximum Gasteiger partial charge on any atom is 0.227 e. The van der Waals surface area contributed by atoms with Crippen LogP contribution in [0.2, 0.25) is 0 Å². The van der Waals surface area contributed by atoms with E-state index < -0.39 is 0 Å². The zero-order chi connectivity index (χ0) is 20.6. The number of rotatable bonds is 7. The molecule has 1 heterocycles. The summed E-state index contributed by atoms with van der Waals surface area (Å²) in [7, 11) is 0. The van der Waals surface area contributed by atoms with Crippen molar-refractivity contribution >= 4 is 23.2 Å². The van der Waals surface area contributed by atoms with Crippen molar-refractivity contribution in [1.29, 1.82) is 0 Å². The minimum atomic E-state index is -0.0309. The number of hydrogen-bond acceptors (Lipinski definition) is 3. The summed E-state index contributed by atoms with van der Waals surface area (Å²) in [5, 5.41) is 6.50. The van der Waals surface area contributed by atoms with Gasteiger partial charge in [-0.2, -0.15) is 0 Å². The second kappa shape index (κ2) is 10.1. The Balaban J connectivity index is 1.48. The molecule has 154 valence electrons. The molecule has 0 radical (unpaired) electrons. The van der Waals surface area contributed by atoms with Crippen LogP contribution >= 0.6 is 0 Å². The molecule has 2 N–H and O–H groups in total. The van der Waals surface area contributed by atoms with Crippen LogP contribution in [0.4, 0.5) is 11.4 Å². The normalized spacial score (nSPS) is 15.6. The molecule has 1 atom stereocenters. The number of piperidine rings is 1. The van der Waals surface area contributed by atoms with Gasteiger partial charge >= 0.3 is 0 Å². The van der Waals surface area contributed by atoms with Crippen LogP contribution in [0, 0.1) is 5.92 Å². The molecule has 5 heteroatoms. The first-order valence-corrected chi connectivity index (χ1v) is 10.6. The summed E-state index contributed by atoms with van der Waals surface area (Å²) in [6.45, 7) is 5.50. The molecule has 3 rings (SSSR count). The fourth-order valence-corrected chi connectivity index (χ4v) is 3.73. The monoisotopic (exact) mass is 393 g/mol. The van der Waals surface area contributed by atoms with Gasteiger partial charge in [-0.3, -0.25) is 9.59 Å². The number of nitrogens with zero attached hydrogens (tertiary/aromatic N) is 1. The third-order valence-corrected chi connectivity index (χ3v) is 5.52. The average Bonchev–Trinajstić information content (AvgIpc) is 2.76. The molecule has 29 heavy (non-hydrogen) atoms. The highest BCUT2D eigenvalue weighted by atomic mass is 16.2. The van der Waals surface area contributed by atoms with E-state index in [-0.39, 0.29) is 23.8 Å². The Bertz CT molecular complexity index is 797. The van der Waals surface area contributed by atoms with E-state index in [4.69, 9.17) is 0 Å². The van der Waals surface area contributed by atoms with Crippen molar-refractivity contribution in [1.82, 2.24) is 4.90 Å². The molecule has 0 aromatic heterocycles. The lowest BCUT2D eigenvalue weighted by atomic mass is 9.95. The highest BCUT2D eigenvalue weighted by Crippen LogP contribution is 2.23. The topological polar surface area (TPSA) is 61.4 Å². The third kappa shape index (κ3) is 5.83. The van der Waals surface area contributed by atoms with Crippen LogP contribution in [0.3, 0.4) is 0 Å². The molecule has 1 fully saturated rings. The Labute approximate surface area is 173 Å². The van der Waals surface area contributed by atoms with Gasteiger partial charge in [-0.1, -0.05) is 37.3 Å². The number of carbonyl (C=O) groups is 2. The number of benzene rings is 2. The Hall–Kier alpha value is -2.82. The molecule has 1 saturated heterocycles. The maximum atomic E-state index is 12.6. The van der Waals surface area contributed by atoms with Gasteiger partial charge in [0.2, 0.25) is 11.8 Å². The van der Waals surface area contributed by atoms with E-state index in [1.54, 1.807) is 0 Å². The Morgan fingerprint density at radius 2 is 1.62 bits per heavy atom. The van der Waals surface area contributed by atoms with Gasteiger partial charge < -0.3 is 15.5 Å². The molecule has 0 aliphatic carbocycles. The van der Waals surface area contributed by atoms with Crippen LogP contribution in [0.1, 0.15) is 51.1 Å².